The molecule has 3 nitrogen and oxygen atoms in total. The van der Waals surface area contributed by atoms with E-state index in [0.29, 0.717) is 19.7 Å². The highest BCUT2D eigenvalue weighted by molar-refractivity contribution is 4.87. The van der Waals surface area contributed by atoms with Crippen LogP contribution >= 0.6 is 0 Å². The molecule has 15 heavy (non-hydrogen) atoms. The van der Waals surface area contributed by atoms with Crippen LogP contribution in [-0.2, 0) is 4.74 Å². The molecule has 2 unspecified atom stereocenters. The molecule has 1 saturated heterocycles. The number of halogens is 3. The highest BCUT2D eigenvalue weighted by atomic mass is 19.4. The van der Waals surface area contributed by atoms with E-state index in [9.17, 15) is 18.3 Å². The van der Waals surface area contributed by atoms with Gasteiger partial charge in [-0.3, -0.25) is 0 Å². The molecule has 0 aliphatic carbocycles. The van der Waals surface area contributed by atoms with Crippen LogP contribution in [-0.4, -0.2) is 42.7 Å². The molecule has 0 bridgehead atoms. The zero-order chi connectivity index (χ0) is 11.5. The maximum Gasteiger partial charge on any atom is 0.389 e. The van der Waals surface area contributed by atoms with Gasteiger partial charge in [-0.15, -0.1) is 0 Å². The fraction of sp³-hybridized carbons (Fsp3) is 1.00. The summed E-state index contributed by atoms with van der Waals surface area (Å²) in [7, 11) is 0. The maximum absolute atomic E-state index is 12.0. The van der Waals surface area contributed by atoms with Gasteiger partial charge in [0.25, 0.3) is 0 Å². The Balaban J connectivity index is 2.42. The zero-order valence-electron chi connectivity index (χ0n) is 8.60. The Labute approximate surface area is 86.6 Å². The standard InChI is InChI=1S/C9H16F3NO2/c1-8(14,2-3-9(10,11)12)7-6-13-4-5-15-7/h7,13-14H,2-6H2,1H3. The third-order valence-electron chi connectivity index (χ3n) is 2.54. The fourth-order valence-corrected chi connectivity index (χ4v) is 1.52. The lowest BCUT2D eigenvalue weighted by atomic mass is 9.92. The summed E-state index contributed by atoms with van der Waals surface area (Å²) in [5.74, 6) is 0. The first-order valence-corrected chi connectivity index (χ1v) is 4.93. The van der Waals surface area contributed by atoms with E-state index >= 15 is 0 Å². The van der Waals surface area contributed by atoms with Crippen molar-refractivity contribution in [1.82, 2.24) is 5.32 Å². The van der Waals surface area contributed by atoms with Gasteiger partial charge in [0.05, 0.1) is 18.3 Å². The number of morpholine rings is 1. The number of ether oxygens (including phenoxy) is 1. The second-order valence-electron chi connectivity index (χ2n) is 4.04. The number of hydrogen-bond donors (Lipinski definition) is 2. The molecular formula is C9H16F3NO2. The van der Waals surface area contributed by atoms with Crippen LogP contribution in [0.1, 0.15) is 19.8 Å². The van der Waals surface area contributed by atoms with Crippen LogP contribution in [0.5, 0.6) is 0 Å². The van der Waals surface area contributed by atoms with Crippen LogP contribution in [0, 0.1) is 0 Å². The minimum Gasteiger partial charge on any atom is -0.387 e. The van der Waals surface area contributed by atoms with Crippen molar-refractivity contribution in [2.45, 2.75) is 37.6 Å². The molecule has 2 N–H and O–H groups in total. The van der Waals surface area contributed by atoms with Gasteiger partial charge in [-0.25, -0.2) is 0 Å². The van der Waals surface area contributed by atoms with Crippen molar-refractivity contribution in [3.63, 3.8) is 0 Å². The first-order chi connectivity index (χ1) is 6.81. The van der Waals surface area contributed by atoms with E-state index in [1.807, 2.05) is 0 Å². The molecule has 2 atom stereocenters. The summed E-state index contributed by atoms with van der Waals surface area (Å²) in [6, 6.07) is 0. The van der Waals surface area contributed by atoms with Crippen molar-refractivity contribution < 1.29 is 23.0 Å². The molecule has 90 valence electrons. The van der Waals surface area contributed by atoms with Crippen molar-refractivity contribution in [1.29, 1.82) is 0 Å². The van der Waals surface area contributed by atoms with Crippen molar-refractivity contribution in [3.05, 3.63) is 0 Å². The lowest BCUT2D eigenvalue weighted by molar-refractivity contribution is -0.163. The van der Waals surface area contributed by atoms with Crippen molar-refractivity contribution >= 4 is 0 Å². The van der Waals surface area contributed by atoms with Crippen molar-refractivity contribution in [2.75, 3.05) is 19.7 Å². The summed E-state index contributed by atoms with van der Waals surface area (Å²) >= 11 is 0. The van der Waals surface area contributed by atoms with Crippen LogP contribution in [0.15, 0.2) is 0 Å². The van der Waals surface area contributed by atoms with E-state index in [0.717, 1.165) is 0 Å². The Morgan fingerprint density at radius 3 is 2.53 bits per heavy atom. The Bertz CT molecular complexity index is 200. The Morgan fingerprint density at radius 2 is 2.07 bits per heavy atom. The first-order valence-electron chi connectivity index (χ1n) is 4.93. The van der Waals surface area contributed by atoms with Crippen LogP contribution < -0.4 is 5.32 Å². The van der Waals surface area contributed by atoms with Gasteiger partial charge in [-0.05, 0) is 13.3 Å². The molecule has 0 aromatic rings. The van der Waals surface area contributed by atoms with Crippen LogP contribution in [0.3, 0.4) is 0 Å². The molecule has 0 spiro atoms. The lowest BCUT2D eigenvalue weighted by Crippen LogP contribution is -2.52. The molecule has 1 aliphatic heterocycles. The van der Waals surface area contributed by atoms with E-state index in [-0.39, 0.29) is 6.42 Å². The van der Waals surface area contributed by atoms with E-state index in [1.54, 1.807) is 0 Å². The van der Waals surface area contributed by atoms with Gasteiger partial charge in [0.15, 0.2) is 0 Å². The van der Waals surface area contributed by atoms with E-state index in [4.69, 9.17) is 4.74 Å². The highest BCUT2D eigenvalue weighted by Gasteiger charge is 2.38. The molecule has 1 aliphatic rings. The van der Waals surface area contributed by atoms with Crippen LogP contribution in [0.25, 0.3) is 0 Å². The topological polar surface area (TPSA) is 41.5 Å². The fourth-order valence-electron chi connectivity index (χ4n) is 1.52. The van der Waals surface area contributed by atoms with Gasteiger partial charge in [0.2, 0.25) is 0 Å². The SMILES string of the molecule is CC(O)(CCC(F)(F)F)C1CNCCO1. The van der Waals surface area contributed by atoms with Crippen LogP contribution in [0.4, 0.5) is 13.2 Å². The number of alkyl halides is 3. The number of nitrogens with one attached hydrogen (secondary N) is 1. The first kappa shape index (κ1) is 12.7. The summed E-state index contributed by atoms with van der Waals surface area (Å²) in [6.45, 7) is 2.87. The van der Waals surface area contributed by atoms with Crippen molar-refractivity contribution in [3.8, 4) is 0 Å². The minimum absolute atomic E-state index is 0.331. The second kappa shape index (κ2) is 4.67. The Hall–Kier alpha value is -0.330. The Kier molecular flexibility index (Phi) is 3.97. The molecular weight excluding hydrogens is 211 g/mol. The summed E-state index contributed by atoms with van der Waals surface area (Å²) in [6.07, 6.45) is -6.11. The quantitative estimate of drug-likeness (QED) is 0.757. The molecule has 0 amide bonds. The third kappa shape index (κ3) is 4.36. The van der Waals surface area contributed by atoms with Gasteiger partial charge >= 0.3 is 6.18 Å². The van der Waals surface area contributed by atoms with Gasteiger partial charge < -0.3 is 15.2 Å². The summed E-state index contributed by atoms with van der Waals surface area (Å²) < 4.78 is 41.2. The van der Waals surface area contributed by atoms with Gasteiger partial charge in [0.1, 0.15) is 0 Å². The molecule has 0 radical (unpaired) electrons. The average molecular weight is 227 g/mol. The molecule has 0 aromatic heterocycles. The van der Waals surface area contributed by atoms with Gasteiger partial charge in [-0.1, -0.05) is 0 Å². The summed E-state index contributed by atoms with van der Waals surface area (Å²) in [5, 5.41) is 12.8. The molecule has 6 heteroatoms. The number of rotatable bonds is 3. The molecule has 1 rings (SSSR count). The smallest absolute Gasteiger partial charge is 0.387 e. The largest absolute Gasteiger partial charge is 0.389 e. The monoisotopic (exact) mass is 227 g/mol. The number of hydrogen-bond acceptors (Lipinski definition) is 3. The highest BCUT2D eigenvalue weighted by Crippen LogP contribution is 2.28. The van der Waals surface area contributed by atoms with E-state index in [1.165, 1.54) is 6.92 Å². The summed E-state index contributed by atoms with van der Waals surface area (Å²) in [5.41, 5.74) is -1.43. The minimum atomic E-state index is -4.23. The Morgan fingerprint density at radius 1 is 1.40 bits per heavy atom. The molecule has 1 heterocycles. The predicted molar refractivity (Wildman–Crippen MR) is 48.5 cm³/mol. The van der Waals surface area contributed by atoms with E-state index in [2.05, 4.69) is 5.32 Å². The van der Waals surface area contributed by atoms with Gasteiger partial charge in [-0.2, -0.15) is 13.2 Å². The molecule has 1 fully saturated rings. The lowest BCUT2D eigenvalue weighted by Gasteiger charge is -2.36. The zero-order valence-corrected chi connectivity index (χ0v) is 8.60. The van der Waals surface area contributed by atoms with Crippen LogP contribution in [0.2, 0.25) is 0 Å². The molecule has 0 saturated carbocycles. The normalized spacial score (nSPS) is 27.4. The van der Waals surface area contributed by atoms with Crippen molar-refractivity contribution in [2.24, 2.45) is 0 Å². The predicted octanol–water partition coefficient (Wildman–Crippen LogP) is 1.07. The maximum atomic E-state index is 12.0. The summed E-state index contributed by atoms with van der Waals surface area (Å²) in [4.78, 5) is 0. The van der Waals surface area contributed by atoms with Gasteiger partial charge in [0, 0.05) is 19.5 Å². The number of aliphatic hydroxyl groups is 1. The third-order valence-corrected chi connectivity index (χ3v) is 2.54. The second-order valence-corrected chi connectivity index (χ2v) is 4.04. The van der Waals surface area contributed by atoms with E-state index < -0.39 is 24.3 Å². The average Bonchev–Trinajstić information content (AvgIpc) is 2.16. The molecule has 0 aromatic carbocycles.